The quantitative estimate of drug-likeness (QED) is 0.171. The van der Waals surface area contributed by atoms with Crippen LogP contribution < -0.4 is 29.6 Å². The Kier molecular flexibility index (Phi) is 10.2. The van der Waals surface area contributed by atoms with Crippen molar-refractivity contribution in [1.82, 2.24) is 0 Å². The van der Waals surface area contributed by atoms with Crippen LogP contribution in [0.2, 0.25) is 0 Å². The zero-order valence-corrected chi connectivity index (χ0v) is 24.7. The van der Waals surface area contributed by atoms with Gasteiger partial charge in [-0.2, -0.15) is 0 Å². The molecule has 0 aliphatic carbocycles. The molecule has 4 aromatic rings. The number of carbonyl (C=O) groups is 2. The third-order valence-electron chi connectivity index (χ3n) is 6.07. The summed E-state index contributed by atoms with van der Waals surface area (Å²) in [4.78, 5) is 25.5. The third kappa shape index (κ3) is 7.46. The lowest BCUT2D eigenvalue weighted by molar-refractivity contribution is -0.111. The van der Waals surface area contributed by atoms with Crippen molar-refractivity contribution in [3.05, 3.63) is 112 Å². The molecular weight excluding hydrogens is 607 g/mol. The highest BCUT2D eigenvalue weighted by atomic mass is 79.9. The lowest BCUT2D eigenvalue weighted by Crippen LogP contribution is -2.14. The van der Waals surface area contributed by atoms with E-state index in [1.807, 2.05) is 6.07 Å². The first-order chi connectivity index (χ1) is 20.3. The van der Waals surface area contributed by atoms with E-state index < -0.39 is 5.91 Å². The smallest absolute Gasteiger partial charge is 0.255 e. The Morgan fingerprint density at radius 2 is 1.43 bits per heavy atom. The highest BCUT2D eigenvalue weighted by molar-refractivity contribution is 9.10. The molecule has 0 saturated heterocycles. The largest absolute Gasteiger partial charge is 0.494 e. The third-order valence-corrected chi connectivity index (χ3v) is 6.66. The standard InChI is InChI=1S/C32H28BrFN2O6/c1-39-27-18-26(36-32(38)21-9-5-4-6-10-21)28(40-2)17-25(27)35-30(37)14-13-20-15-23(33)31(29(16-20)41-3)42-19-22-11-7-8-12-24(22)34/h4-18H,19H2,1-3H3,(H,35,37)(H,36,38)/b14-13+. The minimum Gasteiger partial charge on any atom is -0.494 e. The van der Waals surface area contributed by atoms with E-state index in [1.54, 1.807) is 72.8 Å². The van der Waals surface area contributed by atoms with E-state index in [4.69, 9.17) is 18.9 Å². The summed E-state index contributed by atoms with van der Waals surface area (Å²) in [5, 5.41) is 5.58. The SMILES string of the molecule is COc1cc(NC(=O)c2ccccc2)c(OC)cc1NC(=O)/C=C/c1cc(Br)c(OCc2ccccc2F)c(OC)c1. The molecule has 0 bridgehead atoms. The van der Waals surface area contributed by atoms with Gasteiger partial charge in [0, 0.05) is 29.3 Å². The summed E-state index contributed by atoms with van der Waals surface area (Å²) in [6.45, 7) is 0.0131. The highest BCUT2D eigenvalue weighted by Gasteiger charge is 2.16. The summed E-state index contributed by atoms with van der Waals surface area (Å²) in [6.07, 6.45) is 2.94. The van der Waals surface area contributed by atoms with Crippen LogP contribution in [0.4, 0.5) is 15.8 Å². The van der Waals surface area contributed by atoms with E-state index in [0.717, 1.165) is 0 Å². The van der Waals surface area contributed by atoms with Crippen molar-refractivity contribution in [1.29, 1.82) is 0 Å². The summed E-state index contributed by atoms with van der Waals surface area (Å²) >= 11 is 3.47. The molecule has 0 fully saturated rings. The molecule has 0 radical (unpaired) electrons. The van der Waals surface area contributed by atoms with Gasteiger partial charge in [-0.05, 0) is 57.9 Å². The fraction of sp³-hybridized carbons (Fsp3) is 0.125. The molecule has 2 N–H and O–H groups in total. The van der Waals surface area contributed by atoms with E-state index in [0.29, 0.717) is 55.5 Å². The number of halogens is 2. The van der Waals surface area contributed by atoms with Crippen LogP contribution in [-0.4, -0.2) is 33.1 Å². The predicted molar refractivity (Wildman–Crippen MR) is 163 cm³/mol. The molecule has 4 rings (SSSR count). The van der Waals surface area contributed by atoms with Gasteiger partial charge in [-0.25, -0.2) is 4.39 Å². The van der Waals surface area contributed by atoms with Crippen molar-refractivity contribution < 1.29 is 32.9 Å². The fourth-order valence-electron chi connectivity index (χ4n) is 3.96. The Morgan fingerprint density at radius 1 is 0.810 bits per heavy atom. The molecule has 2 amide bonds. The van der Waals surface area contributed by atoms with Crippen LogP contribution in [0.5, 0.6) is 23.0 Å². The number of ether oxygens (including phenoxy) is 4. The Labute approximate surface area is 251 Å². The lowest BCUT2D eigenvalue weighted by atomic mass is 10.1. The Balaban J connectivity index is 1.48. The van der Waals surface area contributed by atoms with Gasteiger partial charge in [0.15, 0.2) is 11.5 Å². The Morgan fingerprint density at radius 3 is 2.07 bits per heavy atom. The molecule has 0 aliphatic rings. The number of methoxy groups -OCH3 is 3. The molecule has 0 aromatic heterocycles. The van der Waals surface area contributed by atoms with Crippen molar-refractivity contribution in [2.75, 3.05) is 32.0 Å². The molecule has 10 heteroatoms. The normalized spacial score (nSPS) is 10.7. The zero-order valence-electron chi connectivity index (χ0n) is 23.1. The maximum absolute atomic E-state index is 14.0. The van der Waals surface area contributed by atoms with Gasteiger partial charge in [-0.15, -0.1) is 0 Å². The number of amides is 2. The van der Waals surface area contributed by atoms with Gasteiger partial charge in [-0.3, -0.25) is 9.59 Å². The van der Waals surface area contributed by atoms with Crippen molar-refractivity contribution in [3.63, 3.8) is 0 Å². The average molecular weight is 635 g/mol. The van der Waals surface area contributed by atoms with Crippen LogP contribution >= 0.6 is 15.9 Å². The number of benzene rings is 4. The van der Waals surface area contributed by atoms with E-state index >= 15 is 0 Å². The number of anilines is 2. The van der Waals surface area contributed by atoms with Crippen molar-refractivity contribution in [3.8, 4) is 23.0 Å². The van der Waals surface area contributed by atoms with Crippen molar-refractivity contribution >= 4 is 45.2 Å². The first kappa shape index (κ1) is 30.1. The lowest BCUT2D eigenvalue weighted by Gasteiger charge is -2.16. The second-order valence-corrected chi connectivity index (χ2v) is 9.66. The Hall–Kier alpha value is -4.83. The second-order valence-electron chi connectivity index (χ2n) is 8.81. The number of nitrogens with one attached hydrogen (secondary N) is 2. The number of carbonyl (C=O) groups excluding carboxylic acids is 2. The first-order valence-electron chi connectivity index (χ1n) is 12.7. The maximum Gasteiger partial charge on any atom is 0.255 e. The summed E-state index contributed by atoms with van der Waals surface area (Å²) in [5.41, 5.74) is 2.26. The molecule has 0 spiro atoms. The number of hydrogen-bond acceptors (Lipinski definition) is 6. The van der Waals surface area contributed by atoms with Crippen LogP contribution in [0.1, 0.15) is 21.5 Å². The van der Waals surface area contributed by atoms with Crippen LogP contribution in [-0.2, 0) is 11.4 Å². The average Bonchev–Trinajstić information content (AvgIpc) is 3.00. The van der Waals surface area contributed by atoms with Crippen molar-refractivity contribution in [2.45, 2.75) is 6.61 Å². The van der Waals surface area contributed by atoms with Crippen molar-refractivity contribution in [2.24, 2.45) is 0 Å². The maximum atomic E-state index is 14.0. The number of rotatable bonds is 11. The van der Waals surface area contributed by atoms with Crippen LogP contribution in [0.15, 0.2) is 89.4 Å². The second kappa shape index (κ2) is 14.2. The van der Waals surface area contributed by atoms with Gasteiger partial charge >= 0.3 is 0 Å². The van der Waals surface area contributed by atoms with E-state index in [2.05, 4.69) is 26.6 Å². The zero-order chi connectivity index (χ0) is 30.1. The van der Waals surface area contributed by atoms with E-state index in [-0.39, 0.29) is 18.3 Å². The van der Waals surface area contributed by atoms with Gasteiger partial charge < -0.3 is 29.6 Å². The van der Waals surface area contributed by atoms with E-state index in [1.165, 1.54) is 33.5 Å². The van der Waals surface area contributed by atoms with Crippen LogP contribution in [0.3, 0.4) is 0 Å². The Bertz CT molecular complexity index is 1610. The molecule has 0 aliphatic heterocycles. The van der Waals surface area contributed by atoms with Gasteiger partial charge in [0.1, 0.15) is 23.9 Å². The molecule has 42 heavy (non-hydrogen) atoms. The fourth-order valence-corrected chi connectivity index (χ4v) is 4.54. The minimum absolute atomic E-state index is 0.0131. The van der Waals surface area contributed by atoms with Gasteiger partial charge in [-0.1, -0.05) is 36.4 Å². The summed E-state index contributed by atoms with van der Waals surface area (Å²) in [5.74, 6) is 0.339. The summed E-state index contributed by atoms with van der Waals surface area (Å²) < 4.78 is 36.8. The summed E-state index contributed by atoms with van der Waals surface area (Å²) in [6, 6.07) is 21.7. The summed E-state index contributed by atoms with van der Waals surface area (Å²) in [7, 11) is 4.40. The predicted octanol–water partition coefficient (Wildman–Crippen LogP) is 7.10. The molecular formula is C32H28BrFN2O6. The topological polar surface area (TPSA) is 95.1 Å². The van der Waals surface area contributed by atoms with Gasteiger partial charge in [0.25, 0.3) is 5.91 Å². The molecule has 0 saturated carbocycles. The van der Waals surface area contributed by atoms with Crippen LogP contribution in [0.25, 0.3) is 6.08 Å². The first-order valence-corrected chi connectivity index (χ1v) is 13.5. The molecule has 4 aromatic carbocycles. The molecule has 0 unspecified atom stereocenters. The van der Waals surface area contributed by atoms with Gasteiger partial charge in [0.05, 0.1) is 37.2 Å². The highest BCUT2D eigenvalue weighted by Crippen LogP contribution is 2.38. The molecule has 216 valence electrons. The molecule has 8 nitrogen and oxygen atoms in total. The molecule has 0 heterocycles. The van der Waals surface area contributed by atoms with Gasteiger partial charge in [0.2, 0.25) is 5.91 Å². The minimum atomic E-state index is -0.439. The monoisotopic (exact) mass is 634 g/mol. The van der Waals surface area contributed by atoms with Crippen LogP contribution in [0, 0.1) is 5.82 Å². The number of hydrogen-bond donors (Lipinski definition) is 2. The molecule has 0 atom stereocenters. The van der Waals surface area contributed by atoms with E-state index in [9.17, 15) is 14.0 Å².